The highest BCUT2D eigenvalue weighted by atomic mass is 32.2. The second-order valence-corrected chi connectivity index (χ2v) is 7.58. The van der Waals surface area contributed by atoms with Crippen molar-refractivity contribution in [1.29, 1.82) is 0 Å². The predicted molar refractivity (Wildman–Crippen MR) is 74.6 cm³/mol. The highest BCUT2D eigenvalue weighted by Crippen LogP contribution is 2.35. The van der Waals surface area contributed by atoms with E-state index in [0.29, 0.717) is 13.0 Å². The molecule has 0 aromatic rings. The van der Waals surface area contributed by atoms with E-state index in [1.54, 1.807) is 0 Å². The van der Waals surface area contributed by atoms with Gasteiger partial charge in [0.15, 0.2) is 0 Å². The molecule has 0 saturated heterocycles. The van der Waals surface area contributed by atoms with Crippen LogP contribution >= 0.6 is 0 Å². The smallest absolute Gasteiger partial charge is 0.147 e. The van der Waals surface area contributed by atoms with Crippen molar-refractivity contribution < 1.29 is 13.2 Å². The molecule has 1 N–H and O–H groups in total. The fourth-order valence-corrected chi connectivity index (χ4v) is 3.70. The van der Waals surface area contributed by atoms with Crippen LogP contribution in [0.1, 0.15) is 45.4 Å². The highest BCUT2D eigenvalue weighted by Gasteiger charge is 2.39. The summed E-state index contributed by atoms with van der Waals surface area (Å²) in [5.74, 6) is 0.229. The maximum absolute atomic E-state index is 11.3. The third kappa shape index (κ3) is 4.52. The summed E-state index contributed by atoms with van der Waals surface area (Å²) in [5, 5.41) is 3.28. The van der Waals surface area contributed by atoms with Gasteiger partial charge in [-0.2, -0.15) is 0 Å². The van der Waals surface area contributed by atoms with Crippen molar-refractivity contribution in [3.8, 4) is 0 Å². The van der Waals surface area contributed by atoms with Crippen molar-refractivity contribution in [3.05, 3.63) is 0 Å². The van der Waals surface area contributed by atoms with Crippen LogP contribution in [-0.2, 0) is 14.6 Å². The first-order valence-electron chi connectivity index (χ1n) is 6.92. The number of rotatable bonds is 7. The molecule has 1 aliphatic rings. The first-order chi connectivity index (χ1) is 8.43. The standard InChI is InChI=1S/C13H27NO3S/c1-4-17-13(9-6-5-7-10-13)12(14-2)8-11-18(3,15)16/h12,14H,4-11H2,1-3H3. The van der Waals surface area contributed by atoms with Crippen LogP contribution in [0.4, 0.5) is 0 Å². The Balaban J connectivity index is 2.73. The van der Waals surface area contributed by atoms with Crippen LogP contribution in [0, 0.1) is 0 Å². The summed E-state index contributed by atoms with van der Waals surface area (Å²) in [4.78, 5) is 0. The lowest BCUT2D eigenvalue weighted by molar-refractivity contribution is -0.0889. The minimum atomic E-state index is -2.91. The molecule has 108 valence electrons. The van der Waals surface area contributed by atoms with Crippen LogP contribution in [0.25, 0.3) is 0 Å². The highest BCUT2D eigenvalue weighted by molar-refractivity contribution is 7.90. The van der Waals surface area contributed by atoms with Gasteiger partial charge in [0, 0.05) is 18.9 Å². The monoisotopic (exact) mass is 277 g/mol. The van der Waals surface area contributed by atoms with Crippen molar-refractivity contribution in [3.63, 3.8) is 0 Å². The average molecular weight is 277 g/mol. The fraction of sp³-hybridized carbons (Fsp3) is 1.00. The molecular weight excluding hydrogens is 250 g/mol. The van der Waals surface area contributed by atoms with Gasteiger partial charge in [-0.1, -0.05) is 19.3 Å². The number of ether oxygens (including phenoxy) is 1. The normalized spacial score (nSPS) is 21.7. The largest absolute Gasteiger partial charge is 0.374 e. The molecule has 1 saturated carbocycles. The van der Waals surface area contributed by atoms with Crippen LogP contribution in [0.5, 0.6) is 0 Å². The van der Waals surface area contributed by atoms with E-state index in [1.165, 1.54) is 25.5 Å². The van der Waals surface area contributed by atoms with Crippen LogP contribution in [-0.4, -0.2) is 45.7 Å². The van der Waals surface area contributed by atoms with E-state index in [1.807, 2.05) is 14.0 Å². The molecular formula is C13H27NO3S. The molecule has 18 heavy (non-hydrogen) atoms. The van der Waals surface area contributed by atoms with Crippen molar-refractivity contribution in [2.45, 2.75) is 57.1 Å². The lowest BCUT2D eigenvalue weighted by Gasteiger charge is -2.43. The topological polar surface area (TPSA) is 55.4 Å². The zero-order chi connectivity index (χ0) is 13.6. The Hall–Kier alpha value is -0.130. The number of sulfone groups is 1. The lowest BCUT2D eigenvalue weighted by atomic mass is 9.78. The third-order valence-corrected chi connectivity index (χ3v) is 4.87. The molecule has 5 heteroatoms. The van der Waals surface area contributed by atoms with E-state index in [0.717, 1.165) is 12.8 Å². The van der Waals surface area contributed by atoms with E-state index in [9.17, 15) is 8.42 Å². The van der Waals surface area contributed by atoms with Gasteiger partial charge in [-0.3, -0.25) is 0 Å². The molecule has 0 spiro atoms. The summed E-state index contributed by atoms with van der Waals surface area (Å²) in [6.07, 6.45) is 7.63. The average Bonchev–Trinajstić information content (AvgIpc) is 2.30. The molecule has 0 radical (unpaired) electrons. The summed E-state index contributed by atoms with van der Waals surface area (Å²) in [6, 6.07) is 0.132. The SMILES string of the molecule is CCOC1(C(CCS(C)(=O)=O)NC)CCCCC1. The Morgan fingerprint density at radius 2 is 1.89 bits per heavy atom. The van der Waals surface area contributed by atoms with E-state index < -0.39 is 9.84 Å². The Morgan fingerprint density at radius 3 is 2.33 bits per heavy atom. The van der Waals surface area contributed by atoms with Gasteiger partial charge < -0.3 is 10.1 Å². The minimum absolute atomic E-state index is 0.132. The zero-order valence-electron chi connectivity index (χ0n) is 11.9. The molecule has 0 aromatic heterocycles. The first kappa shape index (κ1) is 15.9. The summed E-state index contributed by atoms with van der Waals surface area (Å²) >= 11 is 0. The lowest BCUT2D eigenvalue weighted by Crippen LogP contribution is -2.53. The van der Waals surface area contributed by atoms with Crippen molar-refractivity contribution in [2.75, 3.05) is 25.7 Å². The summed E-state index contributed by atoms with van der Waals surface area (Å²) in [5.41, 5.74) is -0.160. The second-order valence-electron chi connectivity index (χ2n) is 5.32. The number of hydrogen-bond acceptors (Lipinski definition) is 4. The van der Waals surface area contributed by atoms with Crippen LogP contribution in [0.15, 0.2) is 0 Å². The summed E-state index contributed by atoms with van der Waals surface area (Å²) < 4.78 is 28.7. The van der Waals surface area contributed by atoms with Crippen LogP contribution in [0.2, 0.25) is 0 Å². The van der Waals surface area contributed by atoms with Gasteiger partial charge in [0.25, 0.3) is 0 Å². The molecule has 1 fully saturated rings. The van der Waals surface area contributed by atoms with Gasteiger partial charge >= 0.3 is 0 Å². The molecule has 1 aliphatic carbocycles. The van der Waals surface area contributed by atoms with Gasteiger partial charge in [0.05, 0.1) is 11.4 Å². The molecule has 4 nitrogen and oxygen atoms in total. The quantitative estimate of drug-likeness (QED) is 0.770. The molecule has 0 amide bonds. The first-order valence-corrected chi connectivity index (χ1v) is 8.98. The summed E-state index contributed by atoms with van der Waals surface area (Å²) in [7, 11) is -1.00. The Labute approximate surface area is 111 Å². The van der Waals surface area contributed by atoms with Gasteiger partial charge in [-0.05, 0) is 33.2 Å². The van der Waals surface area contributed by atoms with Crippen molar-refractivity contribution in [1.82, 2.24) is 5.32 Å². The molecule has 1 atom stereocenters. The molecule has 1 rings (SSSR count). The van der Waals surface area contributed by atoms with Gasteiger partial charge in [0.1, 0.15) is 9.84 Å². The van der Waals surface area contributed by atoms with Crippen LogP contribution in [0.3, 0.4) is 0 Å². The minimum Gasteiger partial charge on any atom is -0.374 e. The maximum Gasteiger partial charge on any atom is 0.147 e. The fourth-order valence-electron chi connectivity index (χ4n) is 3.03. The molecule has 0 bridgehead atoms. The van der Waals surface area contributed by atoms with E-state index in [-0.39, 0.29) is 17.4 Å². The maximum atomic E-state index is 11.3. The van der Waals surface area contributed by atoms with Gasteiger partial charge in [-0.15, -0.1) is 0 Å². The molecule has 0 aromatic carbocycles. The molecule has 1 unspecified atom stereocenters. The molecule has 0 aliphatic heterocycles. The number of likely N-dealkylation sites (N-methyl/N-ethyl adjacent to an activating group) is 1. The zero-order valence-corrected chi connectivity index (χ0v) is 12.7. The van der Waals surface area contributed by atoms with Gasteiger partial charge in [-0.25, -0.2) is 8.42 Å². The van der Waals surface area contributed by atoms with Crippen molar-refractivity contribution in [2.24, 2.45) is 0 Å². The van der Waals surface area contributed by atoms with E-state index in [2.05, 4.69) is 5.32 Å². The number of nitrogens with one attached hydrogen (secondary N) is 1. The van der Waals surface area contributed by atoms with Gasteiger partial charge in [0.2, 0.25) is 0 Å². The van der Waals surface area contributed by atoms with E-state index >= 15 is 0 Å². The molecule has 0 heterocycles. The Kier molecular flexibility index (Phi) is 6.08. The van der Waals surface area contributed by atoms with Crippen molar-refractivity contribution >= 4 is 9.84 Å². The number of hydrogen-bond donors (Lipinski definition) is 1. The van der Waals surface area contributed by atoms with Crippen LogP contribution < -0.4 is 5.32 Å². The van der Waals surface area contributed by atoms with E-state index in [4.69, 9.17) is 4.74 Å². The summed E-state index contributed by atoms with van der Waals surface area (Å²) in [6.45, 7) is 2.71. The Bertz CT molecular complexity index is 329. The third-order valence-electron chi connectivity index (χ3n) is 3.89. The predicted octanol–water partition coefficient (Wildman–Crippen LogP) is 1.75. The second kappa shape index (κ2) is 6.87. The Morgan fingerprint density at radius 1 is 1.28 bits per heavy atom.